The van der Waals surface area contributed by atoms with Crippen LogP contribution >= 0.6 is 47.9 Å². The summed E-state index contributed by atoms with van der Waals surface area (Å²) in [7, 11) is 0. The van der Waals surface area contributed by atoms with E-state index in [-0.39, 0.29) is 30.6 Å². The first-order valence-electron chi connectivity index (χ1n) is 7.46. The van der Waals surface area contributed by atoms with Gasteiger partial charge in [0, 0.05) is 11.8 Å². The molecule has 2 heterocycles. The SMILES string of the molecule is Cl.Cl.Fc1ccc(CCN2CCC(Sc3cccs3)CC2)cc1. The van der Waals surface area contributed by atoms with Crippen LogP contribution in [-0.2, 0) is 6.42 Å². The molecule has 0 amide bonds. The maximum atomic E-state index is 12.9. The summed E-state index contributed by atoms with van der Waals surface area (Å²) in [5.41, 5.74) is 1.23. The highest BCUT2D eigenvalue weighted by atomic mass is 35.5. The molecule has 128 valence electrons. The molecular weight excluding hydrogens is 372 g/mol. The van der Waals surface area contributed by atoms with Gasteiger partial charge in [-0.1, -0.05) is 18.2 Å². The third-order valence-electron chi connectivity index (χ3n) is 3.94. The fourth-order valence-corrected chi connectivity index (χ4v) is 4.86. The van der Waals surface area contributed by atoms with E-state index in [1.165, 1.54) is 35.7 Å². The smallest absolute Gasteiger partial charge is 0.123 e. The van der Waals surface area contributed by atoms with Gasteiger partial charge in [0.15, 0.2) is 0 Å². The second-order valence-electron chi connectivity index (χ2n) is 5.47. The second kappa shape index (κ2) is 10.6. The Labute approximate surface area is 158 Å². The minimum Gasteiger partial charge on any atom is -0.303 e. The molecular formula is C17H22Cl2FNS2. The molecule has 1 aromatic heterocycles. The van der Waals surface area contributed by atoms with Crippen molar-refractivity contribution >= 4 is 47.9 Å². The van der Waals surface area contributed by atoms with Gasteiger partial charge in [0.05, 0.1) is 4.21 Å². The fraction of sp³-hybridized carbons (Fsp3) is 0.412. The summed E-state index contributed by atoms with van der Waals surface area (Å²) < 4.78 is 14.3. The maximum absolute atomic E-state index is 12.9. The van der Waals surface area contributed by atoms with Crippen LogP contribution in [0.25, 0.3) is 0 Å². The van der Waals surface area contributed by atoms with E-state index in [9.17, 15) is 4.39 Å². The van der Waals surface area contributed by atoms with Crippen LogP contribution in [0.2, 0.25) is 0 Å². The molecule has 0 N–H and O–H groups in total. The lowest BCUT2D eigenvalue weighted by Gasteiger charge is -2.31. The molecule has 0 atom stereocenters. The highest BCUT2D eigenvalue weighted by Gasteiger charge is 2.20. The number of thiophene rings is 1. The van der Waals surface area contributed by atoms with Crippen molar-refractivity contribution in [2.24, 2.45) is 0 Å². The van der Waals surface area contributed by atoms with E-state index in [0.29, 0.717) is 0 Å². The molecule has 0 radical (unpaired) electrons. The summed E-state index contributed by atoms with van der Waals surface area (Å²) >= 11 is 3.88. The fourth-order valence-electron chi connectivity index (χ4n) is 2.68. The van der Waals surface area contributed by atoms with Gasteiger partial charge < -0.3 is 4.90 Å². The number of thioether (sulfide) groups is 1. The molecule has 1 aliphatic heterocycles. The molecule has 1 saturated heterocycles. The summed E-state index contributed by atoms with van der Waals surface area (Å²) in [6.07, 6.45) is 3.56. The van der Waals surface area contributed by atoms with E-state index >= 15 is 0 Å². The summed E-state index contributed by atoms with van der Waals surface area (Å²) in [5.74, 6) is -0.148. The average molecular weight is 394 g/mol. The molecule has 0 saturated carbocycles. The number of hydrogen-bond donors (Lipinski definition) is 0. The van der Waals surface area contributed by atoms with Gasteiger partial charge in [-0.05, 0) is 61.5 Å². The lowest BCUT2D eigenvalue weighted by molar-refractivity contribution is 0.235. The van der Waals surface area contributed by atoms with E-state index < -0.39 is 0 Å². The van der Waals surface area contributed by atoms with Gasteiger partial charge >= 0.3 is 0 Å². The Morgan fingerprint density at radius 1 is 1.09 bits per heavy atom. The predicted molar refractivity (Wildman–Crippen MR) is 104 cm³/mol. The first-order chi connectivity index (χ1) is 10.3. The van der Waals surface area contributed by atoms with Crippen molar-refractivity contribution in [2.75, 3.05) is 19.6 Å². The van der Waals surface area contributed by atoms with E-state index in [1.54, 1.807) is 12.1 Å². The number of likely N-dealkylation sites (tertiary alicyclic amines) is 1. The van der Waals surface area contributed by atoms with Crippen LogP contribution in [0.5, 0.6) is 0 Å². The summed E-state index contributed by atoms with van der Waals surface area (Å²) in [5, 5.41) is 2.92. The van der Waals surface area contributed by atoms with Crippen molar-refractivity contribution in [3.05, 3.63) is 53.2 Å². The van der Waals surface area contributed by atoms with Crippen molar-refractivity contribution in [1.82, 2.24) is 4.90 Å². The average Bonchev–Trinajstić information content (AvgIpc) is 3.01. The summed E-state index contributed by atoms with van der Waals surface area (Å²) in [6, 6.07) is 11.3. The number of rotatable bonds is 5. The Bertz CT molecular complexity index is 540. The maximum Gasteiger partial charge on any atom is 0.123 e. The van der Waals surface area contributed by atoms with Crippen LogP contribution in [0.1, 0.15) is 18.4 Å². The normalized spacial score (nSPS) is 15.7. The lowest BCUT2D eigenvalue weighted by atomic mass is 10.1. The molecule has 0 bridgehead atoms. The van der Waals surface area contributed by atoms with Gasteiger partial charge in [-0.25, -0.2) is 4.39 Å². The zero-order valence-electron chi connectivity index (χ0n) is 12.8. The number of halogens is 3. The Kier molecular flexibility index (Phi) is 9.55. The Morgan fingerprint density at radius 2 is 1.78 bits per heavy atom. The molecule has 2 aromatic rings. The third kappa shape index (κ3) is 6.63. The first-order valence-corrected chi connectivity index (χ1v) is 9.22. The Morgan fingerprint density at radius 3 is 2.39 bits per heavy atom. The predicted octanol–water partition coefficient (Wildman–Crippen LogP) is 5.53. The van der Waals surface area contributed by atoms with Crippen LogP contribution in [0.15, 0.2) is 46.0 Å². The Balaban J connectivity index is 0.00000132. The van der Waals surface area contributed by atoms with E-state index in [4.69, 9.17) is 0 Å². The summed E-state index contributed by atoms with van der Waals surface area (Å²) in [4.78, 5) is 2.54. The lowest BCUT2D eigenvalue weighted by Crippen LogP contribution is -2.36. The quantitative estimate of drug-likeness (QED) is 0.656. The van der Waals surface area contributed by atoms with Gasteiger partial charge in [0.1, 0.15) is 5.82 Å². The minimum absolute atomic E-state index is 0. The molecule has 0 spiro atoms. The monoisotopic (exact) mass is 393 g/mol. The summed E-state index contributed by atoms with van der Waals surface area (Å²) in [6.45, 7) is 3.45. The van der Waals surface area contributed by atoms with Gasteiger partial charge in [0.25, 0.3) is 0 Å². The minimum atomic E-state index is -0.148. The van der Waals surface area contributed by atoms with Crippen LogP contribution in [0.3, 0.4) is 0 Å². The topological polar surface area (TPSA) is 3.24 Å². The van der Waals surface area contributed by atoms with Crippen LogP contribution < -0.4 is 0 Å². The zero-order valence-corrected chi connectivity index (χ0v) is 16.1. The van der Waals surface area contributed by atoms with Crippen LogP contribution in [0.4, 0.5) is 4.39 Å². The highest BCUT2D eigenvalue weighted by Crippen LogP contribution is 2.33. The number of benzene rings is 1. The molecule has 1 fully saturated rings. The molecule has 1 aromatic carbocycles. The standard InChI is InChI=1S/C17H20FNS2.2ClH/c18-15-5-3-14(4-6-15)7-10-19-11-8-16(9-12-19)21-17-2-1-13-20-17;;/h1-6,13,16H,7-12H2;2*1H. The molecule has 23 heavy (non-hydrogen) atoms. The van der Waals surface area contributed by atoms with Crippen molar-refractivity contribution in [2.45, 2.75) is 28.7 Å². The van der Waals surface area contributed by atoms with Crippen LogP contribution in [-0.4, -0.2) is 29.8 Å². The first kappa shape index (κ1) is 20.8. The van der Waals surface area contributed by atoms with Crippen molar-refractivity contribution in [1.29, 1.82) is 0 Å². The van der Waals surface area contributed by atoms with Gasteiger partial charge in [-0.15, -0.1) is 47.9 Å². The largest absolute Gasteiger partial charge is 0.303 e. The van der Waals surface area contributed by atoms with E-state index in [2.05, 4.69) is 22.4 Å². The van der Waals surface area contributed by atoms with Crippen molar-refractivity contribution in [3.8, 4) is 0 Å². The molecule has 6 heteroatoms. The van der Waals surface area contributed by atoms with Crippen LogP contribution in [0, 0.1) is 5.82 Å². The number of hydrogen-bond acceptors (Lipinski definition) is 3. The van der Waals surface area contributed by atoms with Crippen molar-refractivity contribution in [3.63, 3.8) is 0 Å². The third-order valence-corrected chi connectivity index (χ3v) is 6.35. The van der Waals surface area contributed by atoms with Gasteiger partial charge in [0.2, 0.25) is 0 Å². The van der Waals surface area contributed by atoms with Gasteiger partial charge in [-0.3, -0.25) is 0 Å². The van der Waals surface area contributed by atoms with E-state index in [1.807, 2.05) is 35.2 Å². The molecule has 0 unspecified atom stereocenters. The second-order valence-corrected chi connectivity index (χ2v) is 8.02. The van der Waals surface area contributed by atoms with Crippen molar-refractivity contribution < 1.29 is 4.39 Å². The molecule has 0 aliphatic carbocycles. The molecule has 1 aliphatic rings. The highest BCUT2D eigenvalue weighted by molar-refractivity contribution is 8.01. The Hall–Kier alpha value is -0.260. The molecule has 3 rings (SSSR count). The van der Waals surface area contributed by atoms with E-state index in [0.717, 1.165) is 18.2 Å². The number of nitrogens with zero attached hydrogens (tertiary/aromatic N) is 1. The number of piperidine rings is 1. The zero-order chi connectivity index (χ0) is 14.5. The van der Waals surface area contributed by atoms with Gasteiger partial charge in [-0.2, -0.15) is 0 Å². The molecule has 1 nitrogen and oxygen atoms in total.